The zero-order valence-electron chi connectivity index (χ0n) is 19.0. The molecule has 1 aromatic heterocycles. The maximum Gasteiger partial charge on any atom is 0.233 e. The molecule has 8 nitrogen and oxygen atoms in total. The highest BCUT2D eigenvalue weighted by molar-refractivity contribution is 5.93. The monoisotopic (exact) mass is 453 g/mol. The Morgan fingerprint density at radius 1 is 1.21 bits per heavy atom. The molecule has 0 bridgehead atoms. The van der Waals surface area contributed by atoms with E-state index in [1.165, 1.54) is 6.33 Å². The first-order valence-corrected chi connectivity index (χ1v) is 10.9. The number of halogens is 1. The normalized spacial score (nSPS) is 14.8. The molecule has 1 aliphatic heterocycles. The summed E-state index contributed by atoms with van der Waals surface area (Å²) in [6, 6.07) is 8.81. The molecule has 0 unspecified atom stereocenters. The van der Waals surface area contributed by atoms with E-state index in [1.807, 2.05) is 6.07 Å². The van der Waals surface area contributed by atoms with Gasteiger partial charge < -0.3 is 20.1 Å². The van der Waals surface area contributed by atoms with E-state index in [2.05, 4.69) is 25.5 Å². The number of anilines is 2. The molecule has 1 aliphatic rings. The van der Waals surface area contributed by atoms with Crippen LogP contribution in [-0.2, 0) is 4.79 Å². The molecule has 0 saturated carbocycles. The second-order valence-electron chi connectivity index (χ2n) is 8.07. The van der Waals surface area contributed by atoms with Gasteiger partial charge in [0, 0.05) is 31.6 Å². The molecule has 2 aromatic carbocycles. The first kappa shape index (κ1) is 22.7. The fourth-order valence-corrected chi connectivity index (χ4v) is 3.93. The zero-order valence-corrected chi connectivity index (χ0v) is 19.0. The van der Waals surface area contributed by atoms with E-state index >= 15 is 0 Å². The van der Waals surface area contributed by atoms with Crippen molar-refractivity contribution >= 4 is 28.3 Å². The summed E-state index contributed by atoms with van der Waals surface area (Å²) >= 11 is 0. The number of piperidine rings is 1. The Morgan fingerprint density at radius 3 is 2.73 bits per heavy atom. The first-order chi connectivity index (χ1) is 16.0. The Hall–Kier alpha value is -3.46. The summed E-state index contributed by atoms with van der Waals surface area (Å²) in [6.07, 6.45) is 3.01. The maximum atomic E-state index is 14.5. The van der Waals surface area contributed by atoms with Crippen molar-refractivity contribution in [1.82, 2.24) is 20.2 Å². The molecule has 0 radical (unpaired) electrons. The molecule has 0 atom stereocenters. The van der Waals surface area contributed by atoms with Gasteiger partial charge in [0.05, 0.1) is 24.9 Å². The zero-order chi connectivity index (χ0) is 23.4. The molecular formula is C24H28FN5O3. The number of carbonyl (C=O) groups is 1. The van der Waals surface area contributed by atoms with E-state index in [0.717, 1.165) is 25.9 Å². The highest BCUT2D eigenvalue weighted by Gasteiger charge is 2.23. The molecule has 0 spiro atoms. The Bertz CT molecular complexity index is 1150. The number of amides is 1. The van der Waals surface area contributed by atoms with Crippen LogP contribution in [0, 0.1) is 12.7 Å². The van der Waals surface area contributed by atoms with Gasteiger partial charge in [-0.2, -0.15) is 0 Å². The van der Waals surface area contributed by atoms with Gasteiger partial charge in [-0.15, -0.1) is 0 Å². The summed E-state index contributed by atoms with van der Waals surface area (Å²) in [6.45, 7) is 3.66. The van der Waals surface area contributed by atoms with Crippen molar-refractivity contribution in [2.24, 2.45) is 0 Å². The summed E-state index contributed by atoms with van der Waals surface area (Å²) < 4.78 is 26.4. The third kappa shape index (κ3) is 5.14. The highest BCUT2D eigenvalue weighted by atomic mass is 19.1. The number of aryl methyl sites for hydroxylation is 1. The Labute approximate surface area is 192 Å². The number of aromatic nitrogens is 2. The average Bonchev–Trinajstić information content (AvgIpc) is 2.83. The SMILES string of the molecule is CNC(=O)CN1CCC(Oc2cc3c(Nc4cccc(C)c4F)ncnc3cc2OC)CC1. The smallest absolute Gasteiger partial charge is 0.233 e. The maximum absolute atomic E-state index is 14.5. The van der Waals surface area contributed by atoms with E-state index in [0.29, 0.717) is 46.0 Å². The minimum Gasteiger partial charge on any atom is -0.493 e. The van der Waals surface area contributed by atoms with Crippen LogP contribution in [0.5, 0.6) is 11.5 Å². The van der Waals surface area contributed by atoms with Crippen molar-refractivity contribution in [3.05, 3.63) is 48.0 Å². The van der Waals surface area contributed by atoms with Gasteiger partial charge in [-0.3, -0.25) is 9.69 Å². The van der Waals surface area contributed by atoms with Crippen LogP contribution in [0.3, 0.4) is 0 Å². The summed E-state index contributed by atoms with van der Waals surface area (Å²) in [5, 5.41) is 6.44. The number of nitrogens with one attached hydrogen (secondary N) is 2. The van der Waals surface area contributed by atoms with Crippen molar-refractivity contribution in [3.63, 3.8) is 0 Å². The quantitative estimate of drug-likeness (QED) is 0.567. The van der Waals surface area contributed by atoms with Crippen LogP contribution in [0.15, 0.2) is 36.7 Å². The summed E-state index contributed by atoms with van der Waals surface area (Å²) in [4.78, 5) is 22.4. The largest absolute Gasteiger partial charge is 0.493 e. The number of nitrogens with zero attached hydrogens (tertiary/aromatic N) is 3. The van der Waals surface area contributed by atoms with Crippen LogP contribution in [0.2, 0.25) is 0 Å². The van der Waals surface area contributed by atoms with Crippen molar-refractivity contribution in [2.45, 2.75) is 25.9 Å². The van der Waals surface area contributed by atoms with E-state index in [1.54, 1.807) is 45.3 Å². The molecule has 1 fully saturated rings. The van der Waals surface area contributed by atoms with E-state index in [-0.39, 0.29) is 17.8 Å². The fourth-order valence-electron chi connectivity index (χ4n) is 3.93. The number of hydrogen-bond donors (Lipinski definition) is 2. The number of fused-ring (bicyclic) bond motifs is 1. The summed E-state index contributed by atoms with van der Waals surface area (Å²) in [5.74, 6) is 1.32. The molecule has 174 valence electrons. The second-order valence-corrected chi connectivity index (χ2v) is 8.07. The van der Waals surface area contributed by atoms with E-state index < -0.39 is 0 Å². The molecule has 2 N–H and O–H groups in total. The third-order valence-electron chi connectivity index (χ3n) is 5.84. The lowest BCUT2D eigenvalue weighted by molar-refractivity contribution is -0.122. The number of likely N-dealkylation sites (tertiary alicyclic amines) is 1. The van der Waals surface area contributed by atoms with E-state index in [9.17, 15) is 9.18 Å². The van der Waals surface area contributed by atoms with Gasteiger partial charge in [-0.25, -0.2) is 14.4 Å². The predicted octanol–water partition coefficient (Wildman–Crippen LogP) is 3.42. The molecule has 1 saturated heterocycles. The predicted molar refractivity (Wildman–Crippen MR) is 125 cm³/mol. The Kier molecular flexibility index (Phi) is 6.88. The van der Waals surface area contributed by atoms with Crippen molar-refractivity contribution in [1.29, 1.82) is 0 Å². The van der Waals surface area contributed by atoms with Crippen molar-refractivity contribution < 1.29 is 18.7 Å². The minimum atomic E-state index is -0.322. The van der Waals surface area contributed by atoms with Gasteiger partial charge in [0.25, 0.3) is 0 Å². The number of rotatable bonds is 7. The van der Waals surface area contributed by atoms with Gasteiger partial charge in [0.1, 0.15) is 24.1 Å². The lowest BCUT2D eigenvalue weighted by Crippen LogP contribution is -2.43. The molecule has 0 aliphatic carbocycles. The number of ether oxygens (including phenoxy) is 2. The molecule has 2 heterocycles. The average molecular weight is 454 g/mol. The topological polar surface area (TPSA) is 88.6 Å². The third-order valence-corrected chi connectivity index (χ3v) is 5.84. The van der Waals surface area contributed by atoms with Gasteiger partial charge in [-0.1, -0.05) is 12.1 Å². The number of benzene rings is 2. The fraction of sp³-hybridized carbons (Fsp3) is 0.375. The van der Waals surface area contributed by atoms with Gasteiger partial charge in [0.2, 0.25) is 5.91 Å². The van der Waals surface area contributed by atoms with Crippen LogP contribution in [0.1, 0.15) is 18.4 Å². The molecule has 9 heteroatoms. The van der Waals surface area contributed by atoms with E-state index in [4.69, 9.17) is 9.47 Å². The molecule has 33 heavy (non-hydrogen) atoms. The molecule has 1 amide bonds. The van der Waals surface area contributed by atoms with Crippen LogP contribution in [0.25, 0.3) is 10.9 Å². The lowest BCUT2D eigenvalue weighted by Gasteiger charge is -2.31. The van der Waals surface area contributed by atoms with Gasteiger partial charge in [0.15, 0.2) is 11.5 Å². The number of methoxy groups -OCH3 is 1. The van der Waals surface area contributed by atoms with Gasteiger partial charge >= 0.3 is 0 Å². The highest BCUT2D eigenvalue weighted by Crippen LogP contribution is 2.36. The first-order valence-electron chi connectivity index (χ1n) is 10.9. The number of hydrogen-bond acceptors (Lipinski definition) is 7. The molecule has 3 aromatic rings. The summed E-state index contributed by atoms with van der Waals surface area (Å²) in [5.41, 5.74) is 1.55. The number of carbonyl (C=O) groups excluding carboxylic acids is 1. The minimum absolute atomic E-state index is 0.00690. The Balaban J connectivity index is 1.57. The Morgan fingerprint density at radius 2 is 2.00 bits per heavy atom. The van der Waals surface area contributed by atoms with Crippen LogP contribution in [0.4, 0.5) is 15.9 Å². The lowest BCUT2D eigenvalue weighted by atomic mass is 10.1. The second kappa shape index (κ2) is 9.99. The van der Waals surface area contributed by atoms with Crippen LogP contribution >= 0.6 is 0 Å². The van der Waals surface area contributed by atoms with Crippen molar-refractivity contribution in [2.75, 3.05) is 39.1 Å². The standard InChI is InChI=1S/C24H28FN5O3/c1-15-5-4-6-18(23(15)25)29-24-17-11-21(20(32-3)12-19(17)27-14-28-24)33-16-7-9-30(10-8-16)13-22(31)26-2/h4-6,11-12,14,16H,7-10,13H2,1-3H3,(H,26,31)(H,27,28,29). The van der Waals surface area contributed by atoms with Crippen LogP contribution < -0.4 is 20.1 Å². The summed E-state index contributed by atoms with van der Waals surface area (Å²) in [7, 11) is 3.23. The van der Waals surface area contributed by atoms with Crippen LogP contribution in [-0.4, -0.2) is 60.7 Å². The molecule has 4 rings (SSSR count). The number of likely N-dealkylation sites (N-methyl/N-ethyl adjacent to an activating group) is 1. The van der Waals surface area contributed by atoms with Gasteiger partial charge in [-0.05, 0) is 37.5 Å². The molecular weight excluding hydrogens is 425 g/mol. The van der Waals surface area contributed by atoms with Crippen molar-refractivity contribution in [3.8, 4) is 11.5 Å².